The summed E-state index contributed by atoms with van der Waals surface area (Å²) in [7, 11) is 0. The molecule has 3 rings (SSSR count). The summed E-state index contributed by atoms with van der Waals surface area (Å²) in [5.74, 6) is -0.00355. The molecule has 0 unspecified atom stereocenters. The zero-order valence-corrected chi connectivity index (χ0v) is 14.2. The lowest BCUT2D eigenvalue weighted by Gasteiger charge is -2.11. The molecule has 0 saturated carbocycles. The van der Waals surface area contributed by atoms with Gasteiger partial charge < -0.3 is 4.57 Å². The standard InChI is InChI=1S/C13H11BrFN5OS/c1-7-3-10(21)20-13(17-12(18-20)22-2)19(7)6-8-4-9(15)11(14)16-5-8/h3-5H,6H2,1-2H3. The van der Waals surface area contributed by atoms with Crippen LogP contribution in [0.2, 0.25) is 0 Å². The van der Waals surface area contributed by atoms with Crippen LogP contribution in [-0.4, -0.2) is 30.4 Å². The van der Waals surface area contributed by atoms with Crippen molar-refractivity contribution >= 4 is 33.5 Å². The maximum Gasteiger partial charge on any atom is 0.275 e. The second-order valence-electron chi connectivity index (χ2n) is 4.64. The first-order valence-electron chi connectivity index (χ1n) is 6.30. The number of hydrogen-bond donors (Lipinski definition) is 0. The maximum atomic E-state index is 13.6. The van der Waals surface area contributed by atoms with E-state index in [2.05, 4.69) is 31.0 Å². The Labute approximate surface area is 137 Å². The minimum absolute atomic E-state index is 0.171. The van der Waals surface area contributed by atoms with Crippen LogP contribution in [0.4, 0.5) is 4.39 Å². The number of halogens is 2. The molecule has 0 atom stereocenters. The molecule has 0 aromatic carbocycles. The zero-order chi connectivity index (χ0) is 15.9. The molecule has 3 heterocycles. The van der Waals surface area contributed by atoms with Crippen molar-refractivity contribution < 1.29 is 4.39 Å². The summed E-state index contributed by atoms with van der Waals surface area (Å²) in [6.45, 7) is 2.15. The molecule has 0 aliphatic rings. The Morgan fingerprint density at radius 3 is 2.86 bits per heavy atom. The lowest BCUT2D eigenvalue weighted by Crippen LogP contribution is -2.20. The Kier molecular flexibility index (Phi) is 4.00. The van der Waals surface area contributed by atoms with E-state index in [-0.39, 0.29) is 10.2 Å². The molecule has 0 saturated heterocycles. The van der Waals surface area contributed by atoms with Gasteiger partial charge in [0.15, 0.2) is 5.82 Å². The van der Waals surface area contributed by atoms with E-state index in [1.165, 1.54) is 28.4 Å². The first-order chi connectivity index (χ1) is 10.5. The summed E-state index contributed by atoms with van der Waals surface area (Å²) in [6, 6.07) is 2.88. The van der Waals surface area contributed by atoms with Gasteiger partial charge in [0.05, 0.1) is 6.54 Å². The van der Waals surface area contributed by atoms with E-state index >= 15 is 0 Å². The van der Waals surface area contributed by atoms with E-state index in [0.29, 0.717) is 23.0 Å². The molecule has 0 N–H and O–H groups in total. The van der Waals surface area contributed by atoms with Crippen molar-refractivity contribution in [3.05, 3.63) is 50.4 Å². The Bertz CT molecular complexity index is 923. The first kappa shape index (κ1) is 15.2. The zero-order valence-electron chi connectivity index (χ0n) is 11.7. The molecular weight excluding hydrogens is 373 g/mol. The Morgan fingerprint density at radius 2 is 2.18 bits per heavy atom. The van der Waals surface area contributed by atoms with Gasteiger partial charge in [-0.2, -0.15) is 9.50 Å². The molecule has 0 fully saturated rings. The van der Waals surface area contributed by atoms with Gasteiger partial charge in [-0.15, -0.1) is 5.10 Å². The average Bonchev–Trinajstić information content (AvgIpc) is 2.92. The maximum absolute atomic E-state index is 13.6. The van der Waals surface area contributed by atoms with Crippen LogP contribution < -0.4 is 5.56 Å². The van der Waals surface area contributed by atoms with Crippen molar-refractivity contribution in [1.29, 1.82) is 0 Å². The lowest BCUT2D eigenvalue weighted by atomic mass is 10.2. The molecule has 0 radical (unpaired) electrons. The third kappa shape index (κ3) is 2.66. The molecule has 3 aromatic rings. The number of pyridine rings is 1. The number of hydrogen-bond acceptors (Lipinski definition) is 5. The number of nitrogens with zero attached hydrogens (tertiary/aromatic N) is 5. The summed E-state index contributed by atoms with van der Waals surface area (Å²) >= 11 is 4.38. The number of fused-ring (bicyclic) bond motifs is 1. The predicted molar refractivity (Wildman–Crippen MR) is 84.8 cm³/mol. The Morgan fingerprint density at radius 1 is 1.41 bits per heavy atom. The van der Waals surface area contributed by atoms with Crippen LogP contribution in [0.15, 0.2) is 32.9 Å². The largest absolute Gasteiger partial charge is 0.310 e. The minimum Gasteiger partial charge on any atom is -0.310 e. The van der Waals surface area contributed by atoms with E-state index in [4.69, 9.17) is 0 Å². The number of rotatable bonds is 3. The molecule has 3 aromatic heterocycles. The Balaban J connectivity index is 2.15. The summed E-state index contributed by atoms with van der Waals surface area (Å²) in [6.07, 6.45) is 3.41. The fourth-order valence-electron chi connectivity index (χ4n) is 2.10. The lowest BCUT2D eigenvalue weighted by molar-refractivity contribution is 0.607. The van der Waals surface area contributed by atoms with Crippen molar-refractivity contribution in [3.63, 3.8) is 0 Å². The van der Waals surface area contributed by atoms with Gasteiger partial charge in [-0.25, -0.2) is 9.37 Å². The molecule has 0 bridgehead atoms. The molecule has 0 spiro atoms. The number of aromatic nitrogens is 5. The van der Waals surface area contributed by atoms with E-state index in [1.807, 2.05) is 6.26 Å². The molecule has 9 heteroatoms. The van der Waals surface area contributed by atoms with Crippen LogP contribution >= 0.6 is 27.7 Å². The second-order valence-corrected chi connectivity index (χ2v) is 6.16. The van der Waals surface area contributed by atoms with Gasteiger partial charge in [0, 0.05) is 18.0 Å². The predicted octanol–water partition coefficient (Wildman–Crippen LogP) is 2.27. The van der Waals surface area contributed by atoms with Crippen LogP contribution in [0.5, 0.6) is 0 Å². The van der Waals surface area contributed by atoms with Gasteiger partial charge in [0.2, 0.25) is 10.9 Å². The number of aryl methyl sites for hydroxylation is 1. The third-order valence-electron chi connectivity index (χ3n) is 3.16. The van der Waals surface area contributed by atoms with E-state index in [0.717, 1.165) is 5.69 Å². The van der Waals surface area contributed by atoms with Gasteiger partial charge >= 0.3 is 0 Å². The summed E-state index contributed by atoms with van der Waals surface area (Å²) in [5, 5.41) is 4.65. The van der Waals surface area contributed by atoms with Gasteiger partial charge in [0.25, 0.3) is 5.56 Å². The SMILES string of the molecule is CSc1nc2n(Cc3cnc(Br)c(F)c3)c(C)cc(=O)n2n1. The Hall–Kier alpha value is -1.74. The van der Waals surface area contributed by atoms with Crippen LogP contribution in [0.3, 0.4) is 0 Å². The third-order valence-corrected chi connectivity index (χ3v) is 4.28. The van der Waals surface area contributed by atoms with E-state index in [1.54, 1.807) is 17.7 Å². The smallest absolute Gasteiger partial charge is 0.275 e. The topological polar surface area (TPSA) is 65.1 Å². The van der Waals surface area contributed by atoms with Crippen molar-refractivity contribution in [1.82, 2.24) is 24.1 Å². The summed E-state index contributed by atoms with van der Waals surface area (Å²) < 4.78 is 16.8. The normalized spacial score (nSPS) is 11.3. The van der Waals surface area contributed by atoms with Crippen molar-refractivity contribution in [2.24, 2.45) is 0 Å². The highest BCUT2D eigenvalue weighted by Crippen LogP contribution is 2.16. The average molecular weight is 384 g/mol. The molecule has 114 valence electrons. The molecule has 6 nitrogen and oxygen atoms in total. The van der Waals surface area contributed by atoms with Crippen molar-refractivity contribution in [2.75, 3.05) is 6.26 Å². The number of thioether (sulfide) groups is 1. The monoisotopic (exact) mass is 383 g/mol. The van der Waals surface area contributed by atoms with Crippen LogP contribution in [0.1, 0.15) is 11.3 Å². The van der Waals surface area contributed by atoms with Gasteiger partial charge in [-0.05, 0) is 40.7 Å². The van der Waals surface area contributed by atoms with E-state index < -0.39 is 5.82 Å². The van der Waals surface area contributed by atoms with Gasteiger partial charge in [-0.1, -0.05) is 11.8 Å². The van der Waals surface area contributed by atoms with E-state index in [9.17, 15) is 9.18 Å². The summed E-state index contributed by atoms with van der Waals surface area (Å²) in [4.78, 5) is 20.3. The quantitative estimate of drug-likeness (QED) is 0.512. The summed E-state index contributed by atoms with van der Waals surface area (Å²) in [5.41, 5.74) is 1.15. The fraction of sp³-hybridized carbons (Fsp3) is 0.231. The van der Waals surface area contributed by atoms with Crippen molar-refractivity contribution in [2.45, 2.75) is 18.6 Å². The molecular formula is C13H11BrFN5OS. The molecule has 22 heavy (non-hydrogen) atoms. The first-order valence-corrected chi connectivity index (χ1v) is 8.32. The molecule has 0 amide bonds. The molecule has 0 aliphatic heterocycles. The molecule has 0 aliphatic carbocycles. The minimum atomic E-state index is -0.432. The van der Waals surface area contributed by atoms with Crippen LogP contribution in [0.25, 0.3) is 5.78 Å². The highest BCUT2D eigenvalue weighted by Gasteiger charge is 2.13. The highest BCUT2D eigenvalue weighted by molar-refractivity contribution is 9.10. The van der Waals surface area contributed by atoms with Crippen LogP contribution in [-0.2, 0) is 6.54 Å². The van der Waals surface area contributed by atoms with Gasteiger partial charge in [-0.3, -0.25) is 4.79 Å². The van der Waals surface area contributed by atoms with Gasteiger partial charge in [0.1, 0.15) is 4.60 Å². The fourth-order valence-corrected chi connectivity index (χ4v) is 2.65. The highest BCUT2D eigenvalue weighted by atomic mass is 79.9. The second kappa shape index (κ2) is 5.81. The van der Waals surface area contributed by atoms with Crippen LogP contribution in [0, 0.1) is 12.7 Å². The van der Waals surface area contributed by atoms with Crippen molar-refractivity contribution in [3.8, 4) is 0 Å².